The Hall–Kier alpha value is -1.75. The van der Waals surface area contributed by atoms with Crippen molar-refractivity contribution in [3.63, 3.8) is 0 Å². The fourth-order valence-corrected chi connectivity index (χ4v) is 0.904. The summed E-state index contributed by atoms with van der Waals surface area (Å²) in [5, 5.41) is 26.2. The molecule has 0 aliphatic carbocycles. The van der Waals surface area contributed by atoms with E-state index < -0.39 is 5.91 Å². The molecular formula is C8H9NO4. The van der Waals surface area contributed by atoms with Crippen LogP contribution >= 0.6 is 0 Å². The number of hydroxylamine groups is 1. The van der Waals surface area contributed by atoms with Crippen LogP contribution in [-0.2, 0) is 11.2 Å². The number of benzene rings is 1. The summed E-state index contributed by atoms with van der Waals surface area (Å²) >= 11 is 0. The second kappa shape index (κ2) is 3.77. The van der Waals surface area contributed by atoms with Gasteiger partial charge < -0.3 is 10.2 Å². The summed E-state index contributed by atoms with van der Waals surface area (Å²) in [6.07, 6.45) is -0.0513. The Balaban J connectivity index is 2.79. The summed E-state index contributed by atoms with van der Waals surface area (Å²) in [7, 11) is 0. The molecule has 0 unspecified atom stereocenters. The minimum absolute atomic E-state index is 0.0513. The van der Waals surface area contributed by atoms with Crippen molar-refractivity contribution >= 4 is 5.91 Å². The fourth-order valence-electron chi connectivity index (χ4n) is 0.904. The monoisotopic (exact) mass is 183 g/mol. The highest BCUT2D eigenvalue weighted by Crippen LogP contribution is 2.24. The van der Waals surface area contributed by atoms with Gasteiger partial charge in [-0.1, -0.05) is 6.07 Å². The van der Waals surface area contributed by atoms with Gasteiger partial charge in [0, 0.05) is 0 Å². The number of phenols is 2. The molecule has 0 radical (unpaired) electrons. The maximum Gasteiger partial charge on any atom is 0.247 e. The van der Waals surface area contributed by atoms with E-state index in [-0.39, 0.29) is 17.9 Å². The van der Waals surface area contributed by atoms with Crippen LogP contribution in [0, 0.1) is 0 Å². The molecule has 1 rings (SSSR count). The Bertz CT molecular complexity index is 324. The van der Waals surface area contributed by atoms with E-state index in [4.69, 9.17) is 15.4 Å². The van der Waals surface area contributed by atoms with E-state index in [9.17, 15) is 4.79 Å². The predicted molar refractivity (Wildman–Crippen MR) is 43.4 cm³/mol. The highest BCUT2D eigenvalue weighted by molar-refractivity contribution is 5.77. The van der Waals surface area contributed by atoms with Crippen molar-refractivity contribution in [1.29, 1.82) is 0 Å². The van der Waals surface area contributed by atoms with Crippen molar-refractivity contribution in [1.82, 2.24) is 5.48 Å². The molecule has 1 aromatic rings. The van der Waals surface area contributed by atoms with Crippen molar-refractivity contribution in [3.8, 4) is 11.5 Å². The van der Waals surface area contributed by atoms with Gasteiger partial charge in [0.2, 0.25) is 5.91 Å². The Labute approximate surface area is 74.2 Å². The first-order valence-electron chi connectivity index (χ1n) is 3.57. The lowest BCUT2D eigenvalue weighted by Crippen LogP contribution is -2.20. The van der Waals surface area contributed by atoms with Gasteiger partial charge in [0.15, 0.2) is 11.5 Å². The van der Waals surface area contributed by atoms with Crippen LogP contribution in [0.15, 0.2) is 18.2 Å². The molecule has 0 bridgehead atoms. The average Bonchev–Trinajstić information content (AvgIpc) is 2.11. The van der Waals surface area contributed by atoms with E-state index in [1.54, 1.807) is 0 Å². The molecule has 0 saturated carbocycles. The van der Waals surface area contributed by atoms with Gasteiger partial charge in [0.1, 0.15) is 0 Å². The summed E-state index contributed by atoms with van der Waals surface area (Å²) < 4.78 is 0. The average molecular weight is 183 g/mol. The summed E-state index contributed by atoms with van der Waals surface area (Å²) in [4.78, 5) is 10.7. The predicted octanol–water partition coefficient (Wildman–Crippen LogP) is 0.146. The van der Waals surface area contributed by atoms with E-state index in [0.717, 1.165) is 0 Å². The van der Waals surface area contributed by atoms with Crippen LogP contribution in [-0.4, -0.2) is 21.3 Å². The fraction of sp³-hybridized carbons (Fsp3) is 0.125. The zero-order chi connectivity index (χ0) is 9.84. The summed E-state index contributed by atoms with van der Waals surface area (Å²) in [5.74, 6) is -1.11. The lowest BCUT2D eigenvalue weighted by atomic mass is 10.1. The molecule has 5 nitrogen and oxygen atoms in total. The molecule has 0 atom stereocenters. The molecule has 13 heavy (non-hydrogen) atoms. The summed E-state index contributed by atoms with van der Waals surface area (Å²) in [6, 6.07) is 4.00. The van der Waals surface area contributed by atoms with Gasteiger partial charge in [0.25, 0.3) is 0 Å². The molecule has 4 N–H and O–H groups in total. The number of aromatic hydroxyl groups is 2. The van der Waals surface area contributed by atoms with Crippen molar-refractivity contribution in [3.05, 3.63) is 23.8 Å². The standard InChI is InChI=1S/C8H9NO4/c10-6-2-1-5(3-7(6)11)4-8(12)9-13/h1-3,10-11,13H,4H2,(H,9,12). The quantitative estimate of drug-likeness (QED) is 0.298. The minimum Gasteiger partial charge on any atom is -0.504 e. The second-order valence-electron chi connectivity index (χ2n) is 2.53. The number of hydrogen-bond donors (Lipinski definition) is 4. The molecule has 0 aliphatic rings. The summed E-state index contributed by atoms with van der Waals surface area (Å²) in [6.45, 7) is 0. The summed E-state index contributed by atoms with van der Waals surface area (Å²) in [5.41, 5.74) is 1.97. The second-order valence-corrected chi connectivity index (χ2v) is 2.53. The number of phenolic OH excluding ortho intramolecular Hbond substituents is 2. The Morgan fingerprint density at radius 2 is 2.00 bits per heavy atom. The molecule has 0 heterocycles. The number of rotatable bonds is 2. The van der Waals surface area contributed by atoms with E-state index in [0.29, 0.717) is 5.56 Å². The first kappa shape index (κ1) is 9.34. The first-order valence-corrected chi connectivity index (χ1v) is 3.57. The van der Waals surface area contributed by atoms with Crippen LogP contribution in [0.4, 0.5) is 0 Å². The van der Waals surface area contributed by atoms with Gasteiger partial charge in [0.05, 0.1) is 6.42 Å². The lowest BCUT2D eigenvalue weighted by molar-refractivity contribution is -0.128. The maximum absolute atomic E-state index is 10.7. The Morgan fingerprint density at radius 3 is 2.54 bits per heavy atom. The molecule has 5 heteroatoms. The molecule has 0 spiro atoms. The minimum atomic E-state index is -0.579. The van der Waals surface area contributed by atoms with Gasteiger partial charge >= 0.3 is 0 Å². The smallest absolute Gasteiger partial charge is 0.247 e. The van der Waals surface area contributed by atoms with Crippen LogP contribution in [0.5, 0.6) is 11.5 Å². The molecule has 0 fully saturated rings. The number of amides is 1. The van der Waals surface area contributed by atoms with E-state index in [1.165, 1.54) is 23.7 Å². The third-order valence-corrected chi connectivity index (χ3v) is 1.53. The van der Waals surface area contributed by atoms with Crippen LogP contribution < -0.4 is 5.48 Å². The van der Waals surface area contributed by atoms with Gasteiger partial charge in [-0.2, -0.15) is 0 Å². The number of hydrogen-bond acceptors (Lipinski definition) is 4. The van der Waals surface area contributed by atoms with Crippen LogP contribution in [0.3, 0.4) is 0 Å². The number of nitrogens with one attached hydrogen (secondary N) is 1. The highest BCUT2D eigenvalue weighted by atomic mass is 16.5. The third kappa shape index (κ3) is 2.34. The van der Waals surface area contributed by atoms with Crippen molar-refractivity contribution in [2.75, 3.05) is 0 Å². The van der Waals surface area contributed by atoms with Gasteiger partial charge in [-0.05, 0) is 17.7 Å². The van der Waals surface area contributed by atoms with Crippen molar-refractivity contribution in [2.45, 2.75) is 6.42 Å². The first-order chi connectivity index (χ1) is 6.13. The van der Waals surface area contributed by atoms with E-state index in [2.05, 4.69) is 0 Å². The van der Waals surface area contributed by atoms with Crippen LogP contribution in [0.1, 0.15) is 5.56 Å². The van der Waals surface area contributed by atoms with Gasteiger partial charge in [-0.3, -0.25) is 10.0 Å². The van der Waals surface area contributed by atoms with Crippen LogP contribution in [0.25, 0.3) is 0 Å². The third-order valence-electron chi connectivity index (χ3n) is 1.53. The van der Waals surface area contributed by atoms with Crippen molar-refractivity contribution in [2.24, 2.45) is 0 Å². The van der Waals surface area contributed by atoms with Crippen molar-refractivity contribution < 1.29 is 20.2 Å². The largest absolute Gasteiger partial charge is 0.504 e. The SMILES string of the molecule is O=C(Cc1ccc(O)c(O)c1)NO. The molecule has 1 aromatic carbocycles. The Kier molecular flexibility index (Phi) is 2.71. The highest BCUT2D eigenvalue weighted by Gasteiger charge is 2.04. The zero-order valence-electron chi connectivity index (χ0n) is 6.69. The van der Waals surface area contributed by atoms with Gasteiger partial charge in [-0.25, -0.2) is 5.48 Å². The molecule has 70 valence electrons. The Morgan fingerprint density at radius 1 is 1.31 bits per heavy atom. The number of carbonyl (C=O) groups excluding carboxylic acids is 1. The molecular weight excluding hydrogens is 174 g/mol. The molecule has 0 saturated heterocycles. The maximum atomic E-state index is 10.7. The molecule has 0 aliphatic heterocycles. The lowest BCUT2D eigenvalue weighted by Gasteiger charge is -2.01. The van der Waals surface area contributed by atoms with Crippen LogP contribution in [0.2, 0.25) is 0 Å². The van der Waals surface area contributed by atoms with E-state index >= 15 is 0 Å². The topological polar surface area (TPSA) is 89.8 Å². The number of carbonyl (C=O) groups is 1. The zero-order valence-corrected chi connectivity index (χ0v) is 6.69. The normalized spacial score (nSPS) is 9.62. The van der Waals surface area contributed by atoms with E-state index in [1.807, 2.05) is 0 Å². The van der Waals surface area contributed by atoms with Gasteiger partial charge in [-0.15, -0.1) is 0 Å². The molecule has 1 amide bonds. The molecule has 0 aromatic heterocycles.